The summed E-state index contributed by atoms with van der Waals surface area (Å²) < 4.78 is 1.94. The lowest BCUT2D eigenvalue weighted by Gasteiger charge is -2.23. The van der Waals surface area contributed by atoms with E-state index in [1.165, 1.54) is 19.3 Å². The third kappa shape index (κ3) is 4.22. The topological polar surface area (TPSA) is 76.0 Å². The lowest BCUT2D eigenvalue weighted by atomic mass is 9.95. The van der Waals surface area contributed by atoms with Crippen LogP contribution in [0.5, 0.6) is 0 Å². The van der Waals surface area contributed by atoms with E-state index in [4.69, 9.17) is 0 Å². The molecule has 0 saturated heterocycles. The van der Waals surface area contributed by atoms with Gasteiger partial charge in [-0.3, -0.25) is 9.59 Å². The van der Waals surface area contributed by atoms with Gasteiger partial charge >= 0.3 is 0 Å². The van der Waals surface area contributed by atoms with Crippen LogP contribution < -0.4 is 10.6 Å². The molecule has 3 rings (SSSR count). The molecule has 2 N–H and O–H groups in total. The number of hydrogen-bond acceptors (Lipinski definition) is 3. The van der Waals surface area contributed by atoms with Gasteiger partial charge in [-0.05, 0) is 52.9 Å². The Bertz CT molecular complexity index is 651. The van der Waals surface area contributed by atoms with Gasteiger partial charge in [0.05, 0.1) is 5.69 Å². The van der Waals surface area contributed by atoms with Gasteiger partial charge in [-0.25, -0.2) is 4.98 Å². The Morgan fingerprint density at radius 1 is 1.04 bits per heavy atom. The van der Waals surface area contributed by atoms with Crippen LogP contribution >= 0.6 is 0 Å². The fourth-order valence-electron chi connectivity index (χ4n) is 3.80. The van der Waals surface area contributed by atoms with E-state index in [-0.39, 0.29) is 23.4 Å². The molecular weight excluding hydrogens is 316 g/mol. The smallest absolute Gasteiger partial charge is 0.287 e. The highest BCUT2D eigenvalue weighted by Gasteiger charge is 2.29. The number of nitrogens with zero attached hydrogens (tertiary/aromatic N) is 2. The molecule has 2 aliphatic rings. The summed E-state index contributed by atoms with van der Waals surface area (Å²) in [7, 11) is 0. The summed E-state index contributed by atoms with van der Waals surface area (Å²) in [5.74, 6) is 0.0538. The Balaban J connectivity index is 1.84. The van der Waals surface area contributed by atoms with Gasteiger partial charge < -0.3 is 15.2 Å². The van der Waals surface area contributed by atoms with Gasteiger partial charge in [-0.2, -0.15) is 0 Å². The standard InChI is InChI=1S/C19H30N4O2/c1-19(2,3)22-18(25)16-21-15(14-11-7-8-12-23(14)16)17(24)20-13-9-5-4-6-10-13/h13H,4-12H2,1-3H3,(H,20,24)(H,22,25). The Labute approximate surface area is 149 Å². The van der Waals surface area contributed by atoms with Gasteiger partial charge in [0.2, 0.25) is 0 Å². The molecule has 0 atom stereocenters. The summed E-state index contributed by atoms with van der Waals surface area (Å²) in [6.07, 6.45) is 8.54. The second-order valence-corrected chi connectivity index (χ2v) is 8.35. The minimum Gasteiger partial charge on any atom is -0.348 e. The van der Waals surface area contributed by atoms with Crippen molar-refractivity contribution in [2.45, 2.75) is 90.3 Å². The monoisotopic (exact) mass is 346 g/mol. The maximum atomic E-state index is 12.8. The maximum absolute atomic E-state index is 12.8. The van der Waals surface area contributed by atoms with Gasteiger partial charge in [-0.1, -0.05) is 19.3 Å². The number of carbonyl (C=O) groups is 2. The van der Waals surface area contributed by atoms with Crippen LogP contribution in [0.15, 0.2) is 0 Å². The lowest BCUT2D eigenvalue weighted by Crippen LogP contribution is -2.42. The first kappa shape index (κ1) is 18.0. The Morgan fingerprint density at radius 3 is 2.44 bits per heavy atom. The molecule has 138 valence electrons. The molecule has 2 heterocycles. The molecule has 1 aliphatic carbocycles. The molecule has 0 bridgehead atoms. The van der Waals surface area contributed by atoms with Crippen molar-refractivity contribution in [2.75, 3.05) is 0 Å². The quantitative estimate of drug-likeness (QED) is 0.883. The first-order chi connectivity index (χ1) is 11.8. The van der Waals surface area contributed by atoms with Gasteiger partial charge in [0.25, 0.3) is 11.8 Å². The zero-order valence-corrected chi connectivity index (χ0v) is 15.7. The molecule has 1 saturated carbocycles. The van der Waals surface area contributed by atoms with E-state index >= 15 is 0 Å². The normalized spacial score (nSPS) is 18.5. The van der Waals surface area contributed by atoms with Crippen LogP contribution in [0.4, 0.5) is 0 Å². The molecule has 6 nitrogen and oxygen atoms in total. The molecule has 1 aliphatic heterocycles. The number of nitrogens with one attached hydrogen (secondary N) is 2. The van der Waals surface area contributed by atoms with Crippen LogP contribution in [0.25, 0.3) is 0 Å². The minimum atomic E-state index is -0.331. The number of carbonyl (C=O) groups excluding carboxylic acids is 2. The van der Waals surface area contributed by atoms with Crippen LogP contribution in [0.3, 0.4) is 0 Å². The first-order valence-corrected chi connectivity index (χ1v) is 9.58. The average Bonchev–Trinajstić information content (AvgIpc) is 2.94. The third-order valence-electron chi connectivity index (χ3n) is 4.96. The fourth-order valence-corrected chi connectivity index (χ4v) is 3.80. The molecule has 0 spiro atoms. The van der Waals surface area contributed by atoms with Crippen molar-refractivity contribution < 1.29 is 9.59 Å². The van der Waals surface area contributed by atoms with Crippen LogP contribution in [0.2, 0.25) is 0 Å². The van der Waals surface area contributed by atoms with Crippen LogP contribution in [-0.4, -0.2) is 32.9 Å². The molecule has 0 radical (unpaired) electrons. The Morgan fingerprint density at radius 2 is 1.76 bits per heavy atom. The number of aromatic nitrogens is 2. The van der Waals surface area contributed by atoms with Crippen molar-refractivity contribution in [3.05, 3.63) is 17.2 Å². The van der Waals surface area contributed by atoms with Crippen molar-refractivity contribution in [3.8, 4) is 0 Å². The molecule has 1 fully saturated rings. The molecule has 0 unspecified atom stereocenters. The van der Waals surface area contributed by atoms with Crippen LogP contribution in [0, 0.1) is 0 Å². The van der Waals surface area contributed by atoms with Gasteiger partial charge in [-0.15, -0.1) is 0 Å². The molecule has 2 amide bonds. The maximum Gasteiger partial charge on any atom is 0.287 e. The zero-order valence-electron chi connectivity index (χ0n) is 15.7. The van der Waals surface area contributed by atoms with Crippen molar-refractivity contribution in [1.29, 1.82) is 0 Å². The van der Waals surface area contributed by atoms with E-state index < -0.39 is 0 Å². The van der Waals surface area contributed by atoms with Crippen molar-refractivity contribution in [1.82, 2.24) is 20.2 Å². The minimum absolute atomic E-state index is 0.118. The first-order valence-electron chi connectivity index (χ1n) is 9.58. The summed E-state index contributed by atoms with van der Waals surface area (Å²) in [5, 5.41) is 6.10. The number of imidazole rings is 1. The van der Waals surface area contributed by atoms with Crippen LogP contribution in [0.1, 0.15) is 92.5 Å². The van der Waals surface area contributed by atoms with E-state index in [0.717, 1.165) is 44.3 Å². The summed E-state index contributed by atoms with van der Waals surface area (Å²) in [6.45, 7) is 6.59. The number of rotatable bonds is 3. The molecule has 1 aromatic heterocycles. The van der Waals surface area contributed by atoms with Crippen molar-refractivity contribution in [2.24, 2.45) is 0 Å². The molecule has 1 aromatic rings. The highest BCUT2D eigenvalue weighted by atomic mass is 16.2. The van der Waals surface area contributed by atoms with Crippen molar-refractivity contribution in [3.63, 3.8) is 0 Å². The zero-order chi connectivity index (χ0) is 18.0. The predicted octanol–water partition coefficient (Wildman–Crippen LogP) is 2.81. The lowest BCUT2D eigenvalue weighted by molar-refractivity contribution is 0.0903. The number of hydrogen-bond donors (Lipinski definition) is 2. The molecular formula is C19H30N4O2. The highest BCUT2D eigenvalue weighted by Crippen LogP contribution is 2.23. The van der Waals surface area contributed by atoms with E-state index in [1.807, 2.05) is 25.3 Å². The second kappa shape index (κ2) is 7.18. The molecule has 6 heteroatoms. The Kier molecular flexibility index (Phi) is 5.16. The van der Waals surface area contributed by atoms with Gasteiger partial charge in [0.1, 0.15) is 5.69 Å². The van der Waals surface area contributed by atoms with E-state index in [9.17, 15) is 9.59 Å². The molecule has 25 heavy (non-hydrogen) atoms. The molecule has 0 aromatic carbocycles. The number of fused-ring (bicyclic) bond motifs is 1. The average molecular weight is 346 g/mol. The Hall–Kier alpha value is -1.85. The summed E-state index contributed by atoms with van der Waals surface area (Å²) in [4.78, 5) is 29.9. The predicted molar refractivity (Wildman–Crippen MR) is 96.7 cm³/mol. The second-order valence-electron chi connectivity index (χ2n) is 8.35. The highest BCUT2D eigenvalue weighted by molar-refractivity contribution is 5.97. The van der Waals surface area contributed by atoms with Gasteiger partial charge in [0.15, 0.2) is 5.82 Å². The summed E-state index contributed by atoms with van der Waals surface area (Å²) >= 11 is 0. The summed E-state index contributed by atoms with van der Waals surface area (Å²) in [6, 6.07) is 0.244. The summed E-state index contributed by atoms with van der Waals surface area (Å²) in [5.41, 5.74) is 1.03. The van der Waals surface area contributed by atoms with E-state index in [1.54, 1.807) is 0 Å². The largest absolute Gasteiger partial charge is 0.348 e. The van der Waals surface area contributed by atoms with Gasteiger partial charge in [0, 0.05) is 18.1 Å². The number of amides is 2. The van der Waals surface area contributed by atoms with Crippen LogP contribution in [-0.2, 0) is 13.0 Å². The van der Waals surface area contributed by atoms with E-state index in [0.29, 0.717) is 11.5 Å². The van der Waals surface area contributed by atoms with E-state index in [2.05, 4.69) is 15.6 Å². The fraction of sp³-hybridized carbons (Fsp3) is 0.737. The third-order valence-corrected chi connectivity index (χ3v) is 4.96. The SMILES string of the molecule is CC(C)(C)NC(=O)c1nc(C(=O)NC2CCCCC2)c2n1CCCC2. The van der Waals surface area contributed by atoms with Crippen molar-refractivity contribution >= 4 is 11.8 Å².